The molecule has 0 bridgehead atoms. The number of benzene rings is 1. The maximum Gasteiger partial charge on any atom is 0.339 e. The van der Waals surface area contributed by atoms with Gasteiger partial charge < -0.3 is 10.5 Å². The van der Waals surface area contributed by atoms with E-state index >= 15 is 0 Å². The van der Waals surface area contributed by atoms with E-state index < -0.39 is 21.5 Å². The van der Waals surface area contributed by atoms with Crippen molar-refractivity contribution in [2.24, 2.45) is 11.7 Å². The molecule has 0 saturated heterocycles. The molecule has 3 N–H and O–H groups in total. The molecule has 1 rings (SSSR count). The second kappa shape index (κ2) is 9.01. The summed E-state index contributed by atoms with van der Waals surface area (Å²) in [5.74, 6) is -0.525. The van der Waals surface area contributed by atoms with Crippen LogP contribution in [0.1, 0.15) is 37.6 Å². The molecule has 0 heterocycles. The monoisotopic (exact) mass is 398 g/mol. The van der Waals surface area contributed by atoms with Crippen LogP contribution >= 0.6 is 24.0 Å². The summed E-state index contributed by atoms with van der Waals surface area (Å²) in [5.41, 5.74) is 4.82. The highest BCUT2D eigenvalue weighted by Gasteiger charge is 2.32. The average molecular weight is 399 g/mol. The van der Waals surface area contributed by atoms with E-state index in [1.54, 1.807) is 6.92 Å². The molecule has 0 radical (unpaired) electrons. The number of rotatable bonds is 7. The molecule has 0 aliphatic carbocycles. The van der Waals surface area contributed by atoms with Crippen LogP contribution in [0.4, 0.5) is 0 Å². The minimum absolute atomic E-state index is 0. The average Bonchev–Trinajstić information content (AvgIpc) is 2.44. The van der Waals surface area contributed by atoms with Gasteiger partial charge in [-0.15, -0.1) is 12.4 Å². The first-order chi connectivity index (χ1) is 10.5. The van der Waals surface area contributed by atoms with Crippen molar-refractivity contribution in [3.63, 3.8) is 0 Å². The van der Waals surface area contributed by atoms with Crippen molar-refractivity contribution in [1.29, 1.82) is 0 Å². The van der Waals surface area contributed by atoms with Crippen LogP contribution in [0, 0.1) is 5.92 Å². The number of hydrogen-bond acceptors (Lipinski definition) is 5. The lowest BCUT2D eigenvalue weighted by Crippen LogP contribution is -2.52. The molecule has 0 aromatic heterocycles. The van der Waals surface area contributed by atoms with E-state index in [9.17, 15) is 13.2 Å². The van der Waals surface area contributed by atoms with Gasteiger partial charge in [-0.3, -0.25) is 0 Å². The molecule has 1 atom stereocenters. The summed E-state index contributed by atoms with van der Waals surface area (Å²) in [5, 5.41) is 0.244. The first-order valence-electron chi connectivity index (χ1n) is 7.16. The fraction of sp³-hybridized carbons (Fsp3) is 0.533. The third kappa shape index (κ3) is 5.89. The van der Waals surface area contributed by atoms with Crippen LogP contribution in [0.15, 0.2) is 23.1 Å². The van der Waals surface area contributed by atoms with Crippen LogP contribution < -0.4 is 10.5 Å². The number of carbonyl (C=O) groups excluding carboxylic acids is 1. The first-order valence-corrected chi connectivity index (χ1v) is 9.02. The molecule has 0 aliphatic rings. The number of halogens is 2. The maximum absolute atomic E-state index is 12.7. The van der Waals surface area contributed by atoms with Gasteiger partial charge in [0.1, 0.15) is 0 Å². The zero-order chi connectivity index (χ0) is 17.8. The van der Waals surface area contributed by atoms with E-state index in [2.05, 4.69) is 9.46 Å². The Hall–Kier alpha value is -0.860. The Bertz CT molecular complexity index is 680. The lowest BCUT2D eigenvalue weighted by molar-refractivity contribution is 0.0596. The molecule has 1 unspecified atom stereocenters. The molecule has 0 saturated carbocycles. The van der Waals surface area contributed by atoms with Crippen molar-refractivity contribution < 1.29 is 17.9 Å². The van der Waals surface area contributed by atoms with E-state index in [4.69, 9.17) is 17.3 Å². The second-order valence-corrected chi connectivity index (χ2v) is 8.19. The van der Waals surface area contributed by atoms with Gasteiger partial charge in [0.05, 0.1) is 17.6 Å². The van der Waals surface area contributed by atoms with Gasteiger partial charge in [0.25, 0.3) is 0 Å². The normalized spacial score (nSPS) is 14.0. The van der Waals surface area contributed by atoms with Gasteiger partial charge in [0, 0.05) is 17.1 Å². The van der Waals surface area contributed by atoms with Gasteiger partial charge in [-0.25, -0.2) is 17.9 Å². The topological polar surface area (TPSA) is 98.5 Å². The van der Waals surface area contributed by atoms with Crippen molar-refractivity contribution in [2.45, 2.75) is 37.6 Å². The van der Waals surface area contributed by atoms with Crippen LogP contribution in [0.2, 0.25) is 5.02 Å². The fourth-order valence-electron chi connectivity index (χ4n) is 2.45. The Morgan fingerprint density at radius 3 is 2.46 bits per heavy atom. The second-order valence-electron chi connectivity index (χ2n) is 6.10. The highest BCUT2D eigenvalue weighted by atomic mass is 35.5. The summed E-state index contributed by atoms with van der Waals surface area (Å²) in [6.45, 7) is 5.82. The summed E-state index contributed by atoms with van der Waals surface area (Å²) in [7, 11) is -2.79. The number of nitrogens with two attached hydrogens (primary N) is 1. The molecular weight excluding hydrogens is 375 g/mol. The van der Waals surface area contributed by atoms with Crippen molar-refractivity contribution in [2.75, 3.05) is 13.7 Å². The van der Waals surface area contributed by atoms with E-state index in [1.165, 1.54) is 25.3 Å². The van der Waals surface area contributed by atoms with Crippen molar-refractivity contribution >= 4 is 40.0 Å². The van der Waals surface area contributed by atoms with Crippen LogP contribution in [-0.2, 0) is 14.8 Å². The fourth-order valence-corrected chi connectivity index (χ4v) is 4.23. The summed E-state index contributed by atoms with van der Waals surface area (Å²) in [6, 6.07) is 3.96. The largest absolute Gasteiger partial charge is 0.465 e. The Labute approximate surface area is 154 Å². The SMILES string of the molecule is COC(=O)c1cc(Cl)ccc1S(=O)(=O)NC(C)(CN)CC(C)C.Cl. The van der Waals surface area contributed by atoms with Gasteiger partial charge in [-0.05, 0) is 37.5 Å². The third-order valence-corrected chi connectivity index (χ3v) is 5.26. The minimum Gasteiger partial charge on any atom is -0.465 e. The number of methoxy groups -OCH3 is 1. The smallest absolute Gasteiger partial charge is 0.339 e. The number of sulfonamides is 1. The van der Waals surface area contributed by atoms with Gasteiger partial charge in [-0.1, -0.05) is 25.4 Å². The van der Waals surface area contributed by atoms with Crippen LogP contribution in [0.5, 0.6) is 0 Å². The highest BCUT2D eigenvalue weighted by molar-refractivity contribution is 7.89. The summed E-state index contributed by atoms with van der Waals surface area (Å²) in [4.78, 5) is 11.7. The van der Waals surface area contributed by atoms with E-state index in [0.717, 1.165) is 0 Å². The molecule has 0 aliphatic heterocycles. The molecule has 138 valence electrons. The van der Waals surface area contributed by atoms with E-state index in [0.29, 0.717) is 6.42 Å². The number of esters is 1. The molecule has 0 fully saturated rings. The lowest BCUT2D eigenvalue weighted by atomic mass is 9.92. The zero-order valence-electron chi connectivity index (χ0n) is 14.1. The summed E-state index contributed by atoms with van der Waals surface area (Å²) < 4.78 is 32.7. The van der Waals surface area contributed by atoms with Crippen molar-refractivity contribution in [3.8, 4) is 0 Å². The third-order valence-electron chi connectivity index (χ3n) is 3.33. The molecule has 6 nitrogen and oxygen atoms in total. The van der Waals surface area contributed by atoms with E-state index in [1.807, 2.05) is 13.8 Å². The van der Waals surface area contributed by atoms with Crippen molar-refractivity contribution in [1.82, 2.24) is 4.72 Å². The van der Waals surface area contributed by atoms with Gasteiger partial charge in [0.2, 0.25) is 10.0 Å². The van der Waals surface area contributed by atoms with Gasteiger partial charge in [-0.2, -0.15) is 0 Å². The molecule has 1 aromatic carbocycles. The highest BCUT2D eigenvalue weighted by Crippen LogP contribution is 2.24. The number of ether oxygens (including phenoxy) is 1. The molecule has 1 aromatic rings. The number of carbonyl (C=O) groups is 1. The Kier molecular flexibility index (Phi) is 8.69. The maximum atomic E-state index is 12.7. The summed E-state index contributed by atoms with van der Waals surface area (Å²) in [6.07, 6.45) is 0.559. The Morgan fingerprint density at radius 1 is 1.42 bits per heavy atom. The first kappa shape index (κ1) is 23.1. The van der Waals surface area contributed by atoms with E-state index in [-0.39, 0.29) is 40.4 Å². The van der Waals surface area contributed by atoms with Crippen LogP contribution in [0.3, 0.4) is 0 Å². The van der Waals surface area contributed by atoms with Gasteiger partial charge >= 0.3 is 5.97 Å². The Morgan fingerprint density at radius 2 is 2.00 bits per heavy atom. The molecular formula is C15H24Cl2N2O4S. The van der Waals surface area contributed by atoms with Gasteiger partial charge in [0.15, 0.2) is 0 Å². The van der Waals surface area contributed by atoms with Crippen molar-refractivity contribution in [3.05, 3.63) is 28.8 Å². The lowest BCUT2D eigenvalue weighted by Gasteiger charge is -2.31. The molecule has 0 spiro atoms. The quantitative estimate of drug-likeness (QED) is 0.687. The summed E-state index contributed by atoms with van der Waals surface area (Å²) >= 11 is 5.85. The number of hydrogen-bond donors (Lipinski definition) is 2. The molecule has 9 heteroatoms. The minimum atomic E-state index is -3.97. The predicted octanol–water partition coefficient (Wildman–Crippen LogP) is 2.59. The molecule has 0 amide bonds. The van der Waals surface area contributed by atoms with Crippen LogP contribution in [0.25, 0.3) is 0 Å². The molecule has 24 heavy (non-hydrogen) atoms. The predicted molar refractivity (Wildman–Crippen MR) is 97.3 cm³/mol. The zero-order valence-corrected chi connectivity index (χ0v) is 16.5. The standard InChI is InChI=1S/C15H23ClN2O4S.ClH/c1-10(2)8-15(3,9-17)18-23(20,21)13-6-5-11(16)7-12(13)14(19)22-4;/h5-7,10,18H,8-9,17H2,1-4H3;1H. The Balaban J connectivity index is 0.00000529. The van der Waals surface area contributed by atoms with Crippen LogP contribution in [-0.4, -0.2) is 33.6 Å². The number of nitrogens with one attached hydrogen (secondary N) is 1.